The second-order valence-electron chi connectivity index (χ2n) is 1.64. The van der Waals surface area contributed by atoms with E-state index in [4.69, 9.17) is 5.11 Å². The van der Waals surface area contributed by atoms with Gasteiger partial charge >= 0.3 is 29.6 Å². The monoisotopic (exact) mass is 148 g/mol. The van der Waals surface area contributed by atoms with Gasteiger partial charge in [-0.25, -0.2) is 0 Å². The second-order valence-corrected chi connectivity index (χ2v) is 1.64. The second kappa shape index (κ2) is 7.25. The van der Waals surface area contributed by atoms with Crippen LogP contribution in [-0.4, -0.2) is 10.6 Å². The Hall–Kier alpha value is 0.140. The third-order valence-corrected chi connectivity index (χ3v) is 1.03. The quantitative estimate of drug-likeness (QED) is 0.468. The van der Waals surface area contributed by atoms with Crippen LogP contribution in [0.5, 0.6) is 0 Å². The van der Waals surface area contributed by atoms with Gasteiger partial charge in [0, 0.05) is 0 Å². The van der Waals surface area contributed by atoms with Crippen molar-refractivity contribution in [2.24, 2.45) is 0 Å². The molecule has 1 aromatic rings. The molecule has 0 heterocycles. The molecule has 2 nitrogen and oxygen atoms in total. The van der Waals surface area contributed by atoms with E-state index < -0.39 is 0 Å². The van der Waals surface area contributed by atoms with Gasteiger partial charge in [-0.3, -0.25) is 0 Å². The van der Waals surface area contributed by atoms with Gasteiger partial charge in [-0.1, -0.05) is 30.3 Å². The summed E-state index contributed by atoms with van der Waals surface area (Å²) in [6.07, 6.45) is 0. The maximum absolute atomic E-state index is 8.54. The standard InChI is InChI=1S/C7H8O.Na.H2O/c8-6-7-4-2-1-3-5-7;;/h1-5,8H,6H2;;1H2/q;+1;/p-1. The molecule has 1 rings (SSSR count). The SMILES string of the molecule is OCc1ccccc1.[Na+].[OH-]. The first kappa shape index (κ1) is 12.8. The van der Waals surface area contributed by atoms with E-state index in [1.165, 1.54) is 0 Å². The summed E-state index contributed by atoms with van der Waals surface area (Å²) in [4.78, 5) is 0. The van der Waals surface area contributed by atoms with Gasteiger partial charge < -0.3 is 10.6 Å². The van der Waals surface area contributed by atoms with Gasteiger partial charge in [0.05, 0.1) is 6.61 Å². The smallest absolute Gasteiger partial charge is 0.870 e. The van der Waals surface area contributed by atoms with Crippen molar-refractivity contribution in [1.29, 1.82) is 0 Å². The molecule has 0 spiro atoms. The summed E-state index contributed by atoms with van der Waals surface area (Å²) in [5.41, 5.74) is 0.965. The van der Waals surface area contributed by atoms with Gasteiger partial charge in [0.2, 0.25) is 0 Å². The minimum Gasteiger partial charge on any atom is -0.870 e. The van der Waals surface area contributed by atoms with Crippen LogP contribution in [0.3, 0.4) is 0 Å². The van der Waals surface area contributed by atoms with Crippen LogP contribution < -0.4 is 29.6 Å². The summed E-state index contributed by atoms with van der Waals surface area (Å²) in [6.45, 7) is 0.140. The Morgan fingerprint density at radius 2 is 1.60 bits per heavy atom. The van der Waals surface area contributed by atoms with Crippen LogP contribution in [0, 0.1) is 0 Å². The predicted molar refractivity (Wildman–Crippen MR) is 34.3 cm³/mol. The molecule has 0 amide bonds. The zero-order valence-corrected chi connectivity index (χ0v) is 7.99. The summed E-state index contributed by atoms with van der Waals surface area (Å²) >= 11 is 0. The molecule has 1 aromatic carbocycles. The molecule has 0 aliphatic rings. The number of aliphatic hydroxyl groups excluding tert-OH is 1. The molecule has 0 atom stereocenters. The van der Waals surface area contributed by atoms with Crippen LogP contribution in [0.25, 0.3) is 0 Å². The topological polar surface area (TPSA) is 50.2 Å². The molecule has 50 valence electrons. The van der Waals surface area contributed by atoms with Crippen molar-refractivity contribution in [2.45, 2.75) is 6.61 Å². The van der Waals surface area contributed by atoms with Crippen molar-refractivity contribution in [1.82, 2.24) is 0 Å². The Labute approximate surface area is 82.5 Å². The maximum Gasteiger partial charge on any atom is 1.00 e. The van der Waals surface area contributed by atoms with E-state index in [0.29, 0.717) is 0 Å². The van der Waals surface area contributed by atoms with Crippen molar-refractivity contribution >= 4 is 0 Å². The van der Waals surface area contributed by atoms with E-state index >= 15 is 0 Å². The van der Waals surface area contributed by atoms with Crippen molar-refractivity contribution < 1.29 is 40.1 Å². The van der Waals surface area contributed by atoms with Crippen LogP contribution in [0.4, 0.5) is 0 Å². The minimum absolute atomic E-state index is 0. The van der Waals surface area contributed by atoms with Crippen LogP contribution >= 0.6 is 0 Å². The fourth-order valence-electron chi connectivity index (χ4n) is 0.583. The molecule has 0 fully saturated rings. The molecule has 0 aliphatic heterocycles. The van der Waals surface area contributed by atoms with Gasteiger partial charge in [0.1, 0.15) is 0 Å². The zero-order chi connectivity index (χ0) is 5.82. The fourth-order valence-corrected chi connectivity index (χ4v) is 0.583. The van der Waals surface area contributed by atoms with Crippen LogP contribution in [0.1, 0.15) is 5.56 Å². The molecule has 0 bridgehead atoms. The third kappa shape index (κ3) is 4.04. The van der Waals surface area contributed by atoms with Gasteiger partial charge in [0.15, 0.2) is 0 Å². The van der Waals surface area contributed by atoms with Crippen LogP contribution in [0.15, 0.2) is 30.3 Å². The van der Waals surface area contributed by atoms with Crippen molar-refractivity contribution in [3.05, 3.63) is 35.9 Å². The molecule has 0 unspecified atom stereocenters. The number of rotatable bonds is 1. The molecule has 0 radical (unpaired) electrons. The average molecular weight is 148 g/mol. The molecule has 3 heteroatoms. The maximum atomic E-state index is 8.54. The van der Waals surface area contributed by atoms with Crippen molar-refractivity contribution in [3.63, 3.8) is 0 Å². The summed E-state index contributed by atoms with van der Waals surface area (Å²) in [5, 5.41) is 8.54. The molecule has 10 heavy (non-hydrogen) atoms. The number of benzene rings is 1. The third-order valence-electron chi connectivity index (χ3n) is 1.03. The fraction of sp³-hybridized carbons (Fsp3) is 0.143. The Morgan fingerprint density at radius 1 is 1.10 bits per heavy atom. The Balaban J connectivity index is 0. The molecular formula is C7H9NaO2. The summed E-state index contributed by atoms with van der Waals surface area (Å²) in [6, 6.07) is 9.52. The first-order valence-corrected chi connectivity index (χ1v) is 2.58. The van der Waals surface area contributed by atoms with Crippen molar-refractivity contribution in [3.8, 4) is 0 Å². The van der Waals surface area contributed by atoms with E-state index in [1.807, 2.05) is 30.3 Å². The van der Waals surface area contributed by atoms with E-state index in [1.54, 1.807) is 0 Å². The van der Waals surface area contributed by atoms with Gasteiger partial charge in [-0.15, -0.1) is 0 Å². The number of aliphatic hydroxyl groups is 1. The van der Waals surface area contributed by atoms with E-state index in [9.17, 15) is 0 Å². The molecule has 0 saturated carbocycles. The van der Waals surface area contributed by atoms with Gasteiger partial charge in [-0.2, -0.15) is 0 Å². The first-order chi connectivity index (χ1) is 3.93. The largest absolute Gasteiger partial charge is 1.00 e. The Morgan fingerprint density at radius 3 is 1.90 bits per heavy atom. The predicted octanol–water partition coefficient (Wildman–Crippen LogP) is -1.99. The van der Waals surface area contributed by atoms with Crippen LogP contribution in [-0.2, 0) is 6.61 Å². The van der Waals surface area contributed by atoms with Gasteiger partial charge in [-0.05, 0) is 5.56 Å². The summed E-state index contributed by atoms with van der Waals surface area (Å²) in [7, 11) is 0. The summed E-state index contributed by atoms with van der Waals surface area (Å²) in [5.74, 6) is 0. The number of hydrogen-bond acceptors (Lipinski definition) is 2. The Kier molecular flexibility index (Phi) is 9.27. The Bertz CT molecular complexity index is 153. The van der Waals surface area contributed by atoms with E-state index in [0.717, 1.165) is 5.56 Å². The molecule has 0 aliphatic carbocycles. The normalized spacial score (nSPS) is 7.30. The first-order valence-electron chi connectivity index (χ1n) is 2.58. The van der Waals surface area contributed by atoms with Gasteiger partial charge in [0.25, 0.3) is 0 Å². The summed E-state index contributed by atoms with van der Waals surface area (Å²) < 4.78 is 0. The molecular weight excluding hydrogens is 139 g/mol. The molecule has 0 saturated heterocycles. The molecule has 0 aromatic heterocycles. The minimum atomic E-state index is 0. The molecule has 2 N–H and O–H groups in total. The zero-order valence-electron chi connectivity index (χ0n) is 5.99. The number of hydrogen-bond donors (Lipinski definition) is 1. The average Bonchev–Trinajstić information content (AvgIpc) is 1.90. The van der Waals surface area contributed by atoms with Crippen LogP contribution in [0.2, 0.25) is 0 Å². The van der Waals surface area contributed by atoms with Crippen molar-refractivity contribution in [2.75, 3.05) is 0 Å². The van der Waals surface area contributed by atoms with E-state index in [2.05, 4.69) is 0 Å². The van der Waals surface area contributed by atoms with E-state index in [-0.39, 0.29) is 41.6 Å².